The average Bonchev–Trinajstić information content (AvgIpc) is 3.09. The van der Waals surface area contributed by atoms with Crippen molar-refractivity contribution in [2.24, 2.45) is 0 Å². The van der Waals surface area contributed by atoms with Crippen molar-refractivity contribution in [3.63, 3.8) is 0 Å². The zero-order valence-electron chi connectivity index (χ0n) is 17.8. The van der Waals surface area contributed by atoms with E-state index in [1.54, 1.807) is 25.1 Å². The first-order chi connectivity index (χ1) is 15.4. The highest BCUT2D eigenvalue weighted by atomic mass is 16.6. The molecular weight excluding hydrogens is 414 g/mol. The maximum absolute atomic E-state index is 13.1. The molecule has 0 spiro atoms. The van der Waals surface area contributed by atoms with Gasteiger partial charge in [0.05, 0.1) is 22.7 Å². The number of ketones is 1. The number of β-amino-alcohol motifs (C(OH)–C–C–N with tert-alkyl or cyclic N) is 1. The molecule has 32 heavy (non-hydrogen) atoms. The number of phenols is 1. The quantitative estimate of drug-likeness (QED) is 0.400. The molecule has 2 aliphatic heterocycles. The third-order valence-electron chi connectivity index (χ3n) is 5.86. The molecule has 9 heteroatoms. The summed E-state index contributed by atoms with van der Waals surface area (Å²) in [6.07, 6.45) is 1.49. The Labute approximate surface area is 185 Å². The monoisotopic (exact) mass is 439 g/mol. The van der Waals surface area contributed by atoms with Gasteiger partial charge in [-0.25, -0.2) is 0 Å². The fourth-order valence-electron chi connectivity index (χ4n) is 4.15. The summed E-state index contributed by atoms with van der Waals surface area (Å²) in [5.41, 5.74) is 1.99. The smallest absolute Gasteiger partial charge is 0.270 e. The predicted molar refractivity (Wildman–Crippen MR) is 118 cm³/mol. The third-order valence-corrected chi connectivity index (χ3v) is 5.86. The second-order valence-electron chi connectivity index (χ2n) is 8.03. The minimum absolute atomic E-state index is 0.0721. The average molecular weight is 439 g/mol. The van der Waals surface area contributed by atoms with Gasteiger partial charge in [-0.2, -0.15) is 0 Å². The van der Waals surface area contributed by atoms with Crippen molar-refractivity contribution in [3.05, 3.63) is 68.5 Å². The van der Waals surface area contributed by atoms with E-state index in [0.717, 1.165) is 26.2 Å². The molecular formula is C23H25N3O6. The number of piperazine rings is 1. The molecule has 1 fully saturated rings. The SMILES string of the molecule is Cc1cc(O)c(CN2CCN(CCO)CC2)c2c1C(=O)/C(=C/c1cccc([N+](=O)[O-])c1)O2. The number of benzene rings is 2. The van der Waals surface area contributed by atoms with Crippen molar-refractivity contribution >= 4 is 17.5 Å². The highest BCUT2D eigenvalue weighted by Gasteiger charge is 2.34. The lowest BCUT2D eigenvalue weighted by Crippen LogP contribution is -2.46. The summed E-state index contributed by atoms with van der Waals surface area (Å²) in [5, 5.41) is 30.8. The molecule has 4 rings (SSSR count). The summed E-state index contributed by atoms with van der Waals surface area (Å²) in [4.78, 5) is 28.0. The number of carbonyl (C=O) groups is 1. The van der Waals surface area contributed by atoms with Gasteiger partial charge in [-0.3, -0.25) is 24.7 Å². The van der Waals surface area contributed by atoms with Crippen LogP contribution in [0, 0.1) is 17.0 Å². The van der Waals surface area contributed by atoms with Crippen LogP contribution >= 0.6 is 0 Å². The lowest BCUT2D eigenvalue weighted by molar-refractivity contribution is -0.384. The van der Waals surface area contributed by atoms with Crippen molar-refractivity contribution in [3.8, 4) is 11.5 Å². The molecule has 168 valence electrons. The second-order valence-corrected chi connectivity index (χ2v) is 8.03. The zero-order chi connectivity index (χ0) is 22.8. The summed E-state index contributed by atoms with van der Waals surface area (Å²) in [6, 6.07) is 7.55. The number of rotatable bonds is 6. The predicted octanol–water partition coefficient (Wildman–Crippen LogP) is 2.33. The lowest BCUT2D eigenvalue weighted by atomic mass is 9.99. The van der Waals surface area contributed by atoms with Gasteiger partial charge >= 0.3 is 0 Å². The minimum atomic E-state index is -0.491. The molecule has 0 bridgehead atoms. The Morgan fingerprint density at radius 2 is 1.91 bits per heavy atom. The molecule has 0 aromatic heterocycles. The molecule has 2 heterocycles. The molecule has 2 N–H and O–H groups in total. The number of fused-ring (bicyclic) bond motifs is 1. The number of aryl methyl sites for hydroxylation is 1. The molecule has 1 saturated heterocycles. The van der Waals surface area contributed by atoms with Crippen molar-refractivity contribution < 1.29 is 24.7 Å². The van der Waals surface area contributed by atoms with Gasteiger partial charge in [0, 0.05) is 51.4 Å². The van der Waals surface area contributed by atoms with E-state index in [-0.39, 0.29) is 29.6 Å². The van der Waals surface area contributed by atoms with Crippen LogP contribution in [0.2, 0.25) is 0 Å². The van der Waals surface area contributed by atoms with E-state index in [1.807, 2.05) is 0 Å². The van der Waals surface area contributed by atoms with Gasteiger partial charge in [-0.15, -0.1) is 0 Å². The van der Waals surface area contributed by atoms with E-state index in [9.17, 15) is 20.0 Å². The molecule has 9 nitrogen and oxygen atoms in total. The van der Waals surface area contributed by atoms with Gasteiger partial charge in [0.25, 0.3) is 5.69 Å². The fraction of sp³-hybridized carbons (Fsp3) is 0.348. The van der Waals surface area contributed by atoms with Crippen molar-refractivity contribution in [1.82, 2.24) is 9.80 Å². The summed E-state index contributed by atoms with van der Waals surface area (Å²) in [7, 11) is 0. The van der Waals surface area contributed by atoms with Gasteiger partial charge < -0.3 is 14.9 Å². The van der Waals surface area contributed by atoms with E-state index in [2.05, 4.69) is 9.80 Å². The van der Waals surface area contributed by atoms with Crippen LogP contribution in [0.5, 0.6) is 11.5 Å². The Morgan fingerprint density at radius 3 is 2.59 bits per heavy atom. The van der Waals surface area contributed by atoms with Crippen LogP contribution in [0.15, 0.2) is 36.1 Å². The van der Waals surface area contributed by atoms with Crippen LogP contribution in [0.3, 0.4) is 0 Å². The Morgan fingerprint density at radius 1 is 1.19 bits per heavy atom. The second kappa shape index (κ2) is 9.07. The summed E-state index contributed by atoms with van der Waals surface area (Å²) in [5.74, 6) is 0.187. The number of non-ortho nitro benzene ring substituents is 1. The number of aliphatic hydroxyl groups excluding tert-OH is 1. The number of aromatic hydroxyl groups is 1. The highest BCUT2D eigenvalue weighted by molar-refractivity contribution is 6.15. The number of carbonyl (C=O) groups excluding carboxylic acids is 1. The molecule has 0 radical (unpaired) electrons. The number of aliphatic hydroxyl groups is 1. The fourth-order valence-corrected chi connectivity index (χ4v) is 4.15. The normalized spacial score (nSPS) is 18.1. The summed E-state index contributed by atoms with van der Waals surface area (Å²) < 4.78 is 5.93. The van der Waals surface area contributed by atoms with Crippen LogP contribution in [-0.2, 0) is 6.54 Å². The van der Waals surface area contributed by atoms with Crippen molar-refractivity contribution in [2.75, 3.05) is 39.3 Å². The Hall–Kier alpha value is -3.27. The topological polar surface area (TPSA) is 116 Å². The molecule has 0 saturated carbocycles. The zero-order valence-corrected chi connectivity index (χ0v) is 17.8. The number of ether oxygens (including phenoxy) is 1. The van der Waals surface area contributed by atoms with Crippen LogP contribution in [0.4, 0.5) is 5.69 Å². The highest BCUT2D eigenvalue weighted by Crippen LogP contribution is 2.42. The van der Waals surface area contributed by atoms with E-state index < -0.39 is 4.92 Å². The number of nitro groups is 1. The van der Waals surface area contributed by atoms with Crippen molar-refractivity contribution in [2.45, 2.75) is 13.5 Å². The lowest BCUT2D eigenvalue weighted by Gasteiger charge is -2.34. The summed E-state index contributed by atoms with van der Waals surface area (Å²) in [6.45, 7) is 6.11. The van der Waals surface area contributed by atoms with E-state index in [4.69, 9.17) is 9.84 Å². The minimum Gasteiger partial charge on any atom is -0.507 e. The van der Waals surface area contributed by atoms with Crippen LogP contribution in [0.1, 0.15) is 27.0 Å². The molecule has 0 atom stereocenters. The maximum Gasteiger partial charge on any atom is 0.270 e. The number of phenolic OH excluding ortho intramolecular Hbond substituents is 1. The van der Waals surface area contributed by atoms with Gasteiger partial charge in [-0.05, 0) is 30.2 Å². The van der Waals surface area contributed by atoms with E-state index in [1.165, 1.54) is 18.2 Å². The van der Waals surface area contributed by atoms with Crippen molar-refractivity contribution in [1.29, 1.82) is 0 Å². The molecule has 0 unspecified atom stereocenters. The molecule has 2 aromatic rings. The molecule has 0 aliphatic carbocycles. The molecule has 0 amide bonds. The number of Topliss-reactive ketones (excluding diaryl/α,β-unsaturated/α-hetero) is 1. The van der Waals surface area contributed by atoms with Gasteiger partial charge in [0.1, 0.15) is 11.5 Å². The third kappa shape index (κ3) is 4.36. The number of allylic oxidation sites excluding steroid dienone is 1. The summed E-state index contributed by atoms with van der Waals surface area (Å²) >= 11 is 0. The van der Waals surface area contributed by atoms with Gasteiger partial charge in [0.15, 0.2) is 5.76 Å². The van der Waals surface area contributed by atoms with Crippen LogP contribution < -0.4 is 4.74 Å². The van der Waals surface area contributed by atoms with Crippen LogP contribution in [0.25, 0.3) is 6.08 Å². The standard InChI is InChI=1S/C23H25N3O6/c1-15-11-19(28)18(14-25-7-5-24(6-8-25)9-10-27)23-21(15)22(29)20(32-23)13-16-3-2-4-17(12-16)26(30)31/h2-4,11-13,27-28H,5-10,14H2,1H3/b20-13-. The van der Waals surface area contributed by atoms with E-state index >= 15 is 0 Å². The Balaban J connectivity index is 1.60. The number of nitro benzene ring substituents is 1. The van der Waals surface area contributed by atoms with Crippen LogP contribution in [-0.4, -0.2) is 70.1 Å². The Kier molecular flexibility index (Phi) is 6.22. The first-order valence-corrected chi connectivity index (χ1v) is 10.5. The number of hydrogen-bond acceptors (Lipinski definition) is 8. The Bertz CT molecular complexity index is 1090. The van der Waals surface area contributed by atoms with E-state index in [0.29, 0.717) is 41.1 Å². The largest absolute Gasteiger partial charge is 0.507 e. The molecule has 2 aromatic carbocycles. The maximum atomic E-state index is 13.1. The first kappa shape index (κ1) is 21.9. The number of nitrogens with zero attached hydrogens (tertiary/aromatic N) is 3. The van der Waals surface area contributed by atoms with Gasteiger partial charge in [0.2, 0.25) is 5.78 Å². The number of hydrogen-bond donors (Lipinski definition) is 2. The van der Waals surface area contributed by atoms with Gasteiger partial charge in [-0.1, -0.05) is 12.1 Å². The molecule has 2 aliphatic rings. The first-order valence-electron chi connectivity index (χ1n) is 10.5.